The molecule has 2 N–H and O–H groups in total. The van der Waals surface area contributed by atoms with Crippen LogP contribution in [-0.4, -0.2) is 38.5 Å². The Labute approximate surface area is 155 Å². The normalized spacial score (nSPS) is 14.6. The Morgan fingerprint density at radius 2 is 2.16 bits per heavy atom. The van der Waals surface area contributed by atoms with Crippen LogP contribution in [-0.2, 0) is 17.0 Å². The zero-order valence-corrected chi connectivity index (χ0v) is 16.1. The molecule has 2 rings (SSSR count). The Kier molecular flexibility index (Phi) is 9.11. The molecular weight excluding hydrogens is 337 g/mol. The lowest BCUT2D eigenvalue weighted by Crippen LogP contribution is -2.38. The number of nitrogens with zero attached hydrogens (tertiary/aromatic N) is 1. The van der Waals surface area contributed by atoms with Crippen LogP contribution in [0.1, 0.15) is 37.3 Å². The summed E-state index contributed by atoms with van der Waals surface area (Å²) in [6.07, 6.45) is 5.65. The van der Waals surface area contributed by atoms with E-state index in [4.69, 9.17) is 4.74 Å². The predicted molar refractivity (Wildman–Crippen MR) is 105 cm³/mol. The standard InChI is InChI=1S/C19H30FN3OS/c1-3-21-19(22-9-4-10-24-13-15-5-6-15)23-12-16-7-8-18(20)11-17(16)14-25-2/h7-8,11,15H,3-6,9-10,12-14H2,1-2H3,(H2,21,22,23). The summed E-state index contributed by atoms with van der Waals surface area (Å²) in [6.45, 7) is 5.94. The van der Waals surface area contributed by atoms with E-state index in [-0.39, 0.29) is 5.82 Å². The van der Waals surface area contributed by atoms with Crippen LogP contribution in [0.4, 0.5) is 4.39 Å². The fraction of sp³-hybridized carbons (Fsp3) is 0.632. The third kappa shape index (κ3) is 8.10. The molecule has 1 aliphatic rings. The van der Waals surface area contributed by atoms with Gasteiger partial charge in [-0.1, -0.05) is 6.07 Å². The van der Waals surface area contributed by atoms with Gasteiger partial charge in [-0.05, 0) is 61.6 Å². The third-order valence-electron chi connectivity index (χ3n) is 4.03. The molecule has 0 heterocycles. The highest BCUT2D eigenvalue weighted by Crippen LogP contribution is 2.28. The summed E-state index contributed by atoms with van der Waals surface area (Å²) >= 11 is 1.69. The Morgan fingerprint density at radius 1 is 1.32 bits per heavy atom. The molecule has 0 bridgehead atoms. The van der Waals surface area contributed by atoms with Gasteiger partial charge in [-0.2, -0.15) is 11.8 Å². The van der Waals surface area contributed by atoms with Crippen molar-refractivity contribution in [2.45, 2.75) is 38.5 Å². The smallest absolute Gasteiger partial charge is 0.191 e. The number of ether oxygens (including phenoxy) is 1. The van der Waals surface area contributed by atoms with E-state index in [9.17, 15) is 4.39 Å². The van der Waals surface area contributed by atoms with Gasteiger partial charge in [0.1, 0.15) is 5.82 Å². The first-order chi connectivity index (χ1) is 12.2. The number of guanidine groups is 1. The Balaban J connectivity index is 1.79. The molecule has 1 saturated carbocycles. The van der Waals surface area contributed by atoms with Crippen LogP contribution in [0.2, 0.25) is 0 Å². The summed E-state index contributed by atoms with van der Waals surface area (Å²) in [4.78, 5) is 4.63. The van der Waals surface area contributed by atoms with Crippen molar-refractivity contribution in [3.05, 3.63) is 35.1 Å². The van der Waals surface area contributed by atoms with Gasteiger partial charge in [0.05, 0.1) is 6.54 Å². The Morgan fingerprint density at radius 3 is 2.88 bits per heavy atom. The number of rotatable bonds is 11. The van der Waals surface area contributed by atoms with Gasteiger partial charge in [-0.15, -0.1) is 0 Å². The number of hydrogen-bond acceptors (Lipinski definition) is 3. The molecular formula is C19H30FN3OS. The van der Waals surface area contributed by atoms with Crippen LogP contribution in [0.15, 0.2) is 23.2 Å². The number of aliphatic imine (C=N–C) groups is 1. The maximum atomic E-state index is 13.4. The van der Waals surface area contributed by atoms with Gasteiger partial charge in [-0.25, -0.2) is 9.38 Å². The zero-order valence-electron chi connectivity index (χ0n) is 15.3. The van der Waals surface area contributed by atoms with Gasteiger partial charge in [0.2, 0.25) is 0 Å². The second-order valence-electron chi connectivity index (χ2n) is 6.34. The first-order valence-electron chi connectivity index (χ1n) is 9.09. The molecule has 0 atom stereocenters. The minimum absolute atomic E-state index is 0.187. The van der Waals surface area contributed by atoms with E-state index in [2.05, 4.69) is 15.6 Å². The predicted octanol–water partition coefficient (Wildman–Crippen LogP) is 3.56. The fourth-order valence-corrected chi connectivity index (χ4v) is 3.04. The van der Waals surface area contributed by atoms with Gasteiger partial charge in [-0.3, -0.25) is 0 Å². The number of benzene rings is 1. The lowest BCUT2D eigenvalue weighted by molar-refractivity contribution is 0.123. The van der Waals surface area contributed by atoms with Crippen LogP contribution in [0.25, 0.3) is 0 Å². The molecule has 0 amide bonds. The van der Waals surface area contributed by atoms with E-state index in [0.29, 0.717) is 6.54 Å². The SMILES string of the molecule is CCNC(=NCc1ccc(F)cc1CSC)NCCCOCC1CC1. The van der Waals surface area contributed by atoms with E-state index in [1.807, 2.05) is 19.2 Å². The van der Waals surface area contributed by atoms with Crippen molar-refractivity contribution in [2.24, 2.45) is 10.9 Å². The Bertz CT molecular complexity index is 549. The molecule has 0 radical (unpaired) electrons. The highest BCUT2D eigenvalue weighted by Gasteiger charge is 2.20. The number of thioether (sulfide) groups is 1. The van der Waals surface area contributed by atoms with Crippen LogP contribution in [0, 0.1) is 11.7 Å². The molecule has 25 heavy (non-hydrogen) atoms. The van der Waals surface area contributed by atoms with Crippen molar-refractivity contribution in [3.8, 4) is 0 Å². The van der Waals surface area contributed by atoms with E-state index in [1.165, 1.54) is 18.9 Å². The van der Waals surface area contributed by atoms with E-state index in [1.54, 1.807) is 17.8 Å². The number of nitrogens with one attached hydrogen (secondary N) is 2. The van der Waals surface area contributed by atoms with E-state index >= 15 is 0 Å². The van der Waals surface area contributed by atoms with Gasteiger partial charge in [0.25, 0.3) is 0 Å². The molecule has 0 aliphatic heterocycles. The molecule has 140 valence electrons. The van der Waals surface area contributed by atoms with Crippen molar-refractivity contribution >= 4 is 17.7 Å². The number of hydrogen-bond donors (Lipinski definition) is 2. The lowest BCUT2D eigenvalue weighted by Gasteiger charge is -2.12. The average Bonchev–Trinajstić information content (AvgIpc) is 3.41. The molecule has 6 heteroatoms. The summed E-state index contributed by atoms with van der Waals surface area (Å²) in [7, 11) is 0. The van der Waals surface area contributed by atoms with Gasteiger partial charge < -0.3 is 15.4 Å². The average molecular weight is 368 g/mol. The Hall–Kier alpha value is -1.27. The summed E-state index contributed by atoms with van der Waals surface area (Å²) in [5.41, 5.74) is 2.08. The minimum Gasteiger partial charge on any atom is -0.381 e. The maximum Gasteiger partial charge on any atom is 0.191 e. The van der Waals surface area contributed by atoms with Crippen LogP contribution < -0.4 is 10.6 Å². The van der Waals surface area contributed by atoms with Crippen LogP contribution in [0.3, 0.4) is 0 Å². The number of halogens is 1. The minimum atomic E-state index is -0.187. The summed E-state index contributed by atoms with van der Waals surface area (Å²) < 4.78 is 19.1. The molecule has 4 nitrogen and oxygen atoms in total. The second-order valence-corrected chi connectivity index (χ2v) is 7.21. The zero-order chi connectivity index (χ0) is 17.9. The second kappa shape index (κ2) is 11.4. The lowest BCUT2D eigenvalue weighted by atomic mass is 10.1. The molecule has 1 aromatic carbocycles. The van der Waals surface area contributed by atoms with Crippen molar-refractivity contribution in [2.75, 3.05) is 32.6 Å². The van der Waals surface area contributed by atoms with Crippen LogP contribution in [0.5, 0.6) is 0 Å². The van der Waals surface area contributed by atoms with Gasteiger partial charge >= 0.3 is 0 Å². The van der Waals surface area contributed by atoms with Gasteiger partial charge in [0, 0.05) is 32.1 Å². The summed E-state index contributed by atoms with van der Waals surface area (Å²) in [5.74, 6) is 2.22. The first kappa shape index (κ1) is 20.0. The topological polar surface area (TPSA) is 45.7 Å². The third-order valence-corrected chi connectivity index (χ3v) is 4.63. The quantitative estimate of drug-likeness (QED) is 0.357. The van der Waals surface area contributed by atoms with Crippen molar-refractivity contribution in [3.63, 3.8) is 0 Å². The summed E-state index contributed by atoms with van der Waals surface area (Å²) in [5, 5.41) is 6.59. The molecule has 0 aromatic heterocycles. The van der Waals surface area contributed by atoms with E-state index in [0.717, 1.165) is 61.5 Å². The monoisotopic (exact) mass is 367 g/mol. The van der Waals surface area contributed by atoms with Gasteiger partial charge in [0.15, 0.2) is 5.96 Å². The molecule has 1 aromatic rings. The van der Waals surface area contributed by atoms with E-state index < -0.39 is 0 Å². The molecule has 1 aliphatic carbocycles. The molecule has 1 fully saturated rings. The fourth-order valence-electron chi connectivity index (χ4n) is 2.46. The highest BCUT2D eigenvalue weighted by molar-refractivity contribution is 7.97. The molecule has 0 unspecified atom stereocenters. The summed E-state index contributed by atoms with van der Waals surface area (Å²) in [6, 6.07) is 4.95. The first-order valence-corrected chi connectivity index (χ1v) is 10.5. The van der Waals surface area contributed by atoms with Crippen LogP contribution >= 0.6 is 11.8 Å². The largest absolute Gasteiger partial charge is 0.381 e. The van der Waals surface area contributed by atoms with Crippen molar-refractivity contribution in [1.82, 2.24) is 10.6 Å². The maximum absolute atomic E-state index is 13.4. The van der Waals surface area contributed by atoms with Crippen molar-refractivity contribution in [1.29, 1.82) is 0 Å². The van der Waals surface area contributed by atoms with Crippen molar-refractivity contribution < 1.29 is 9.13 Å². The highest BCUT2D eigenvalue weighted by atomic mass is 32.2. The molecule has 0 spiro atoms. The molecule has 0 saturated heterocycles.